The zero-order chi connectivity index (χ0) is 14.0. The van der Waals surface area contributed by atoms with Gasteiger partial charge in [0.15, 0.2) is 0 Å². The Morgan fingerprint density at radius 1 is 1.32 bits per heavy atom. The van der Waals surface area contributed by atoms with Crippen molar-refractivity contribution in [2.75, 3.05) is 17.7 Å². The van der Waals surface area contributed by atoms with E-state index in [1.807, 2.05) is 0 Å². The highest BCUT2D eigenvalue weighted by Crippen LogP contribution is 2.20. The smallest absolute Gasteiger partial charge is 0.258 e. The zero-order valence-electron chi connectivity index (χ0n) is 10.1. The van der Waals surface area contributed by atoms with E-state index in [2.05, 4.69) is 4.98 Å². The highest BCUT2D eigenvalue weighted by molar-refractivity contribution is 6.05. The van der Waals surface area contributed by atoms with Crippen molar-refractivity contribution in [3.63, 3.8) is 0 Å². The molecule has 98 valence electrons. The number of carbonyl (C=O) groups is 1. The van der Waals surface area contributed by atoms with Crippen LogP contribution in [0.1, 0.15) is 10.4 Å². The fourth-order valence-corrected chi connectivity index (χ4v) is 1.57. The highest BCUT2D eigenvalue weighted by atomic mass is 19.1. The summed E-state index contributed by atoms with van der Waals surface area (Å²) in [6.07, 6.45) is 3.03. The third-order valence-electron chi connectivity index (χ3n) is 2.66. The molecule has 4 nitrogen and oxygen atoms in total. The summed E-state index contributed by atoms with van der Waals surface area (Å²) < 4.78 is 26.6. The number of nitrogens with two attached hydrogens (primary N) is 1. The molecular weight excluding hydrogens is 252 g/mol. The summed E-state index contributed by atoms with van der Waals surface area (Å²) in [5.41, 5.74) is 4.96. The first-order valence-corrected chi connectivity index (χ1v) is 5.43. The fourth-order valence-electron chi connectivity index (χ4n) is 1.57. The summed E-state index contributed by atoms with van der Waals surface area (Å²) in [4.78, 5) is 17.2. The molecule has 1 aromatic heterocycles. The molecule has 0 aliphatic rings. The van der Waals surface area contributed by atoms with Crippen LogP contribution in [0.2, 0.25) is 0 Å². The molecule has 0 aliphatic heterocycles. The first-order chi connectivity index (χ1) is 9.00. The number of amides is 1. The van der Waals surface area contributed by atoms with Crippen molar-refractivity contribution in [2.45, 2.75) is 0 Å². The Morgan fingerprint density at radius 3 is 2.47 bits per heavy atom. The number of pyridine rings is 1. The molecule has 0 saturated carbocycles. The molecule has 0 aliphatic carbocycles. The van der Waals surface area contributed by atoms with Gasteiger partial charge in [-0.25, -0.2) is 8.78 Å². The van der Waals surface area contributed by atoms with E-state index in [4.69, 9.17) is 5.73 Å². The summed E-state index contributed by atoms with van der Waals surface area (Å²) in [6.45, 7) is 0. The van der Waals surface area contributed by atoms with Crippen LogP contribution in [-0.2, 0) is 0 Å². The predicted octanol–water partition coefficient (Wildman–Crippen LogP) is 2.22. The average molecular weight is 263 g/mol. The highest BCUT2D eigenvalue weighted by Gasteiger charge is 2.17. The van der Waals surface area contributed by atoms with E-state index in [1.165, 1.54) is 18.1 Å². The maximum Gasteiger partial charge on any atom is 0.258 e. The quantitative estimate of drug-likeness (QED) is 0.845. The monoisotopic (exact) mass is 263 g/mol. The van der Waals surface area contributed by atoms with Crippen LogP contribution >= 0.6 is 0 Å². The topological polar surface area (TPSA) is 59.2 Å². The molecule has 1 amide bonds. The van der Waals surface area contributed by atoms with Gasteiger partial charge < -0.3 is 10.6 Å². The standard InChI is InChI=1S/C13H11F2N3O/c1-18(9-3-2-4-17-7-9)13(19)8-5-10(14)12(16)11(15)6-8/h2-7H,16H2,1H3. The van der Waals surface area contributed by atoms with E-state index < -0.39 is 23.2 Å². The average Bonchev–Trinajstić information content (AvgIpc) is 2.43. The minimum absolute atomic E-state index is 0.115. The van der Waals surface area contributed by atoms with Gasteiger partial charge in [0, 0.05) is 18.8 Å². The van der Waals surface area contributed by atoms with Crippen LogP contribution in [0.25, 0.3) is 0 Å². The summed E-state index contributed by atoms with van der Waals surface area (Å²) in [5, 5.41) is 0. The number of rotatable bonds is 2. The van der Waals surface area contributed by atoms with Crippen LogP contribution in [0, 0.1) is 11.6 Å². The Hall–Kier alpha value is -2.50. The summed E-state index contributed by atoms with van der Waals surface area (Å²) in [5.74, 6) is -2.46. The van der Waals surface area contributed by atoms with E-state index in [1.54, 1.807) is 18.3 Å². The third kappa shape index (κ3) is 2.52. The molecule has 6 heteroatoms. The lowest BCUT2D eigenvalue weighted by Gasteiger charge is -2.17. The van der Waals surface area contributed by atoms with Gasteiger partial charge >= 0.3 is 0 Å². The van der Waals surface area contributed by atoms with Crippen LogP contribution in [0.5, 0.6) is 0 Å². The molecule has 0 unspecified atom stereocenters. The van der Waals surface area contributed by atoms with Gasteiger partial charge in [-0.1, -0.05) is 0 Å². The Kier molecular flexibility index (Phi) is 3.41. The van der Waals surface area contributed by atoms with Crippen LogP contribution in [-0.4, -0.2) is 17.9 Å². The Labute approximate surface area is 108 Å². The van der Waals surface area contributed by atoms with Crippen molar-refractivity contribution >= 4 is 17.3 Å². The van der Waals surface area contributed by atoms with Crippen LogP contribution in [0.4, 0.5) is 20.2 Å². The van der Waals surface area contributed by atoms with E-state index in [9.17, 15) is 13.6 Å². The van der Waals surface area contributed by atoms with Crippen LogP contribution < -0.4 is 10.6 Å². The van der Waals surface area contributed by atoms with Crippen molar-refractivity contribution in [3.05, 3.63) is 53.9 Å². The molecule has 1 heterocycles. The van der Waals surface area contributed by atoms with Gasteiger partial charge in [0.25, 0.3) is 5.91 Å². The van der Waals surface area contributed by atoms with Crippen molar-refractivity contribution in [2.24, 2.45) is 0 Å². The van der Waals surface area contributed by atoms with Crippen molar-refractivity contribution in [1.82, 2.24) is 4.98 Å². The summed E-state index contributed by atoms with van der Waals surface area (Å²) in [7, 11) is 1.49. The maximum absolute atomic E-state index is 13.3. The first-order valence-electron chi connectivity index (χ1n) is 5.43. The van der Waals surface area contributed by atoms with Gasteiger partial charge in [-0.3, -0.25) is 9.78 Å². The lowest BCUT2D eigenvalue weighted by molar-refractivity contribution is 0.0992. The molecule has 2 aromatic rings. The number of benzene rings is 1. The van der Waals surface area contributed by atoms with Crippen molar-refractivity contribution in [1.29, 1.82) is 0 Å². The van der Waals surface area contributed by atoms with E-state index in [-0.39, 0.29) is 5.56 Å². The Bertz CT molecular complexity index is 594. The van der Waals surface area contributed by atoms with Gasteiger partial charge in [0.2, 0.25) is 0 Å². The molecule has 0 fully saturated rings. The van der Waals surface area contributed by atoms with Gasteiger partial charge in [0.1, 0.15) is 17.3 Å². The minimum atomic E-state index is -0.956. The number of hydrogen-bond acceptors (Lipinski definition) is 3. The van der Waals surface area contributed by atoms with E-state index >= 15 is 0 Å². The van der Waals surface area contributed by atoms with Gasteiger partial charge in [-0.05, 0) is 24.3 Å². The molecule has 1 aromatic carbocycles. The summed E-state index contributed by atoms with van der Waals surface area (Å²) >= 11 is 0. The second-order valence-electron chi connectivity index (χ2n) is 3.93. The van der Waals surface area contributed by atoms with Crippen LogP contribution in [0.15, 0.2) is 36.7 Å². The second kappa shape index (κ2) is 5.01. The fraction of sp³-hybridized carbons (Fsp3) is 0.0769. The lowest BCUT2D eigenvalue weighted by atomic mass is 10.1. The lowest BCUT2D eigenvalue weighted by Crippen LogP contribution is -2.26. The first kappa shape index (κ1) is 12.9. The Balaban J connectivity index is 2.35. The number of hydrogen-bond donors (Lipinski definition) is 1. The number of halogens is 2. The Morgan fingerprint density at radius 2 is 1.95 bits per heavy atom. The minimum Gasteiger partial charge on any atom is -0.394 e. The number of aromatic nitrogens is 1. The molecule has 0 radical (unpaired) electrons. The SMILES string of the molecule is CN(C(=O)c1cc(F)c(N)c(F)c1)c1cccnc1. The van der Waals surface area contributed by atoms with E-state index in [0.717, 1.165) is 12.1 Å². The zero-order valence-corrected chi connectivity index (χ0v) is 10.1. The molecule has 0 atom stereocenters. The van der Waals surface area contributed by atoms with E-state index in [0.29, 0.717) is 5.69 Å². The number of nitrogens with zero attached hydrogens (tertiary/aromatic N) is 2. The molecule has 2 rings (SSSR count). The van der Waals surface area contributed by atoms with Crippen LogP contribution in [0.3, 0.4) is 0 Å². The largest absolute Gasteiger partial charge is 0.394 e. The molecular formula is C13H11F2N3O. The molecule has 19 heavy (non-hydrogen) atoms. The van der Waals surface area contributed by atoms with Gasteiger partial charge in [-0.15, -0.1) is 0 Å². The number of anilines is 2. The predicted molar refractivity (Wildman–Crippen MR) is 67.7 cm³/mol. The molecule has 0 bridgehead atoms. The van der Waals surface area contributed by atoms with Crippen molar-refractivity contribution in [3.8, 4) is 0 Å². The van der Waals surface area contributed by atoms with Gasteiger partial charge in [0.05, 0.1) is 11.9 Å². The molecule has 0 saturated heterocycles. The maximum atomic E-state index is 13.3. The normalized spacial score (nSPS) is 10.3. The second-order valence-corrected chi connectivity index (χ2v) is 3.93. The molecule has 0 spiro atoms. The van der Waals surface area contributed by atoms with Crippen molar-refractivity contribution < 1.29 is 13.6 Å². The molecule has 2 N–H and O–H groups in total. The summed E-state index contributed by atoms with van der Waals surface area (Å²) in [6, 6.07) is 5.14. The number of carbonyl (C=O) groups excluding carboxylic acids is 1. The van der Waals surface area contributed by atoms with Gasteiger partial charge in [-0.2, -0.15) is 0 Å². The number of nitrogen functional groups attached to an aromatic ring is 1. The third-order valence-corrected chi connectivity index (χ3v) is 2.66.